The summed E-state index contributed by atoms with van der Waals surface area (Å²) in [6, 6.07) is 9.86. The van der Waals surface area contributed by atoms with Gasteiger partial charge in [-0.15, -0.1) is 0 Å². The number of fused-ring (bicyclic) bond motifs is 1. The quantitative estimate of drug-likeness (QED) is 0.664. The van der Waals surface area contributed by atoms with Crippen LogP contribution in [0, 0.1) is 6.92 Å². The van der Waals surface area contributed by atoms with Crippen molar-refractivity contribution >= 4 is 11.1 Å². The molecule has 0 bridgehead atoms. The molecule has 1 atom stereocenters. The highest BCUT2D eigenvalue weighted by Gasteiger charge is 2.18. The number of hydrogen-bond donors (Lipinski definition) is 0. The van der Waals surface area contributed by atoms with Gasteiger partial charge in [-0.3, -0.25) is 0 Å². The Balaban J connectivity index is 2.18. The van der Waals surface area contributed by atoms with Crippen molar-refractivity contribution in [2.75, 3.05) is 0 Å². The standard InChI is InChI=1S/C17H19N2O/c1-11(2)17-18-14-9-15(19(4)10-16(14)20-17)13-8-6-5-7-12(13)3/h5-11H,1-4H3/q+1/i1D3,11D. The molecule has 0 radical (unpaired) electrons. The first kappa shape index (κ1) is 8.90. The third-order valence-corrected chi connectivity index (χ3v) is 3.39. The molecule has 0 spiro atoms. The van der Waals surface area contributed by atoms with Gasteiger partial charge < -0.3 is 4.42 Å². The van der Waals surface area contributed by atoms with Crippen LogP contribution in [-0.4, -0.2) is 4.98 Å². The third-order valence-electron chi connectivity index (χ3n) is 3.39. The van der Waals surface area contributed by atoms with E-state index in [2.05, 4.69) is 4.98 Å². The highest BCUT2D eigenvalue weighted by Crippen LogP contribution is 2.25. The zero-order valence-electron chi connectivity index (χ0n) is 15.8. The number of pyridine rings is 1. The summed E-state index contributed by atoms with van der Waals surface area (Å²) in [4.78, 5) is 4.28. The molecule has 0 aliphatic heterocycles. The fourth-order valence-electron chi connectivity index (χ4n) is 2.30. The van der Waals surface area contributed by atoms with Gasteiger partial charge in [0.05, 0.1) is 0 Å². The number of hydrogen-bond acceptors (Lipinski definition) is 2. The van der Waals surface area contributed by atoms with E-state index in [1.165, 1.54) is 6.92 Å². The second-order valence-corrected chi connectivity index (χ2v) is 4.98. The molecule has 1 aromatic carbocycles. The number of benzene rings is 1. The van der Waals surface area contributed by atoms with Crippen LogP contribution in [0.1, 0.15) is 36.6 Å². The average Bonchev–Trinajstić information content (AvgIpc) is 2.89. The molecule has 102 valence electrons. The highest BCUT2D eigenvalue weighted by molar-refractivity contribution is 5.76. The van der Waals surface area contributed by atoms with E-state index in [1.54, 1.807) is 6.20 Å². The molecule has 3 rings (SSSR count). The van der Waals surface area contributed by atoms with Crippen molar-refractivity contribution in [1.82, 2.24) is 4.98 Å². The molecule has 0 saturated heterocycles. The number of oxazole rings is 1. The van der Waals surface area contributed by atoms with Gasteiger partial charge in [0.25, 0.3) is 0 Å². The molecule has 3 heteroatoms. The zero-order valence-corrected chi connectivity index (χ0v) is 11.8. The van der Waals surface area contributed by atoms with Crippen LogP contribution in [0.3, 0.4) is 0 Å². The topological polar surface area (TPSA) is 29.9 Å². The van der Waals surface area contributed by atoms with Gasteiger partial charge in [-0.1, -0.05) is 32.0 Å². The number of rotatable bonds is 2. The van der Waals surface area contributed by atoms with Gasteiger partial charge in [0.15, 0.2) is 5.89 Å². The van der Waals surface area contributed by atoms with E-state index in [9.17, 15) is 0 Å². The Morgan fingerprint density at radius 2 is 2.20 bits per heavy atom. The van der Waals surface area contributed by atoms with Gasteiger partial charge in [0.2, 0.25) is 17.5 Å². The van der Waals surface area contributed by atoms with Gasteiger partial charge >= 0.3 is 0 Å². The second-order valence-electron chi connectivity index (χ2n) is 4.98. The Morgan fingerprint density at radius 1 is 1.40 bits per heavy atom. The third kappa shape index (κ3) is 2.09. The van der Waals surface area contributed by atoms with E-state index in [-0.39, 0.29) is 5.89 Å². The molecule has 3 aromatic rings. The molecule has 20 heavy (non-hydrogen) atoms. The molecule has 0 aliphatic rings. The van der Waals surface area contributed by atoms with Crippen molar-refractivity contribution in [2.45, 2.75) is 26.6 Å². The van der Waals surface area contributed by atoms with Crippen molar-refractivity contribution in [3.8, 4) is 11.3 Å². The molecule has 2 aromatic heterocycles. The normalized spacial score (nSPS) is 17.9. The molecule has 0 saturated carbocycles. The first-order chi connectivity index (χ1) is 11.1. The van der Waals surface area contributed by atoms with Crippen molar-refractivity contribution in [1.29, 1.82) is 0 Å². The van der Waals surface area contributed by atoms with E-state index >= 15 is 0 Å². The van der Waals surface area contributed by atoms with E-state index in [1.807, 2.05) is 48.9 Å². The Morgan fingerprint density at radius 3 is 2.95 bits per heavy atom. The predicted octanol–water partition coefficient (Wildman–Crippen LogP) is 3.75. The summed E-state index contributed by atoms with van der Waals surface area (Å²) in [7, 11) is 1.90. The van der Waals surface area contributed by atoms with Crippen molar-refractivity contribution in [3.63, 3.8) is 0 Å². The minimum atomic E-state index is -2.52. The molecular weight excluding hydrogens is 248 g/mol. The van der Waals surface area contributed by atoms with E-state index in [0.717, 1.165) is 16.8 Å². The second kappa shape index (κ2) is 4.75. The summed E-state index contributed by atoms with van der Waals surface area (Å²) in [5.74, 6) is -1.99. The van der Waals surface area contributed by atoms with Crippen LogP contribution in [0.5, 0.6) is 0 Å². The summed E-state index contributed by atoms with van der Waals surface area (Å²) in [5.41, 5.74) is 4.15. The molecule has 2 heterocycles. The van der Waals surface area contributed by atoms with E-state index in [4.69, 9.17) is 9.90 Å². The number of aryl methyl sites for hydroxylation is 2. The highest BCUT2D eigenvalue weighted by atomic mass is 16.3. The molecule has 0 amide bonds. The van der Waals surface area contributed by atoms with Crippen LogP contribution in [-0.2, 0) is 7.05 Å². The summed E-state index contributed by atoms with van der Waals surface area (Å²) < 4.78 is 38.2. The Hall–Kier alpha value is -2.16. The lowest BCUT2D eigenvalue weighted by Gasteiger charge is -2.03. The van der Waals surface area contributed by atoms with Crippen LogP contribution in [0.25, 0.3) is 22.4 Å². The van der Waals surface area contributed by atoms with Gasteiger partial charge in [-0.25, -0.2) is 4.98 Å². The SMILES string of the molecule is [2H]C([2H])([2H])C([2H])(C)c1nc2cc(-c3ccccc3C)[n+](C)cc2o1. The van der Waals surface area contributed by atoms with Crippen LogP contribution in [0.4, 0.5) is 0 Å². The number of nitrogens with zero attached hydrogens (tertiary/aromatic N) is 2. The van der Waals surface area contributed by atoms with Gasteiger partial charge in [-0.2, -0.15) is 4.57 Å². The fraction of sp³-hybridized carbons (Fsp3) is 0.294. The minimum Gasteiger partial charge on any atom is -0.434 e. The Bertz CT molecular complexity index is 913. The lowest BCUT2D eigenvalue weighted by atomic mass is 10.0. The lowest BCUT2D eigenvalue weighted by molar-refractivity contribution is -0.659. The van der Waals surface area contributed by atoms with Crippen molar-refractivity contribution in [2.24, 2.45) is 7.05 Å². The first-order valence-electron chi connectivity index (χ1n) is 8.48. The van der Waals surface area contributed by atoms with Crippen molar-refractivity contribution in [3.05, 3.63) is 48.0 Å². The number of aromatic nitrogens is 2. The maximum Gasteiger partial charge on any atom is 0.218 e. The van der Waals surface area contributed by atoms with Crippen LogP contribution >= 0.6 is 0 Å². The molecule has 0 fully saturated rings. The summed E-state index contributed by atoms with van der Waals surface area (Å²) in [6.45, 7) is 0.811. The molecular formula is C17H19N2O+. The summed E-state index contributed by atoms with van der Waals surface area (Å²) in [6.07, 6.45) is 1.77. The Labute approximate surface area is 124 Å². The lowest BCUT2D eigenvalue weighted by Crippen LogP contribution is -2.30. The van der Waals surface area contributed by atoms with Gasteiger partial charge in [0, 0.05) is 23.0 Å². The van der Waals surface area contributed by atoms with Gasteiger partial charge in [0.1, 0.15) is 12.6 Å². The van der Waals surface area contributed by atoms with Crippen LogP contribution < -0.4 is 4.57 Å². The predicted molar refractivity (Wildman–Crippen MR) is 79.4 cm³/mol. The Kier molecular flexibility index (Phi) is 2.11. The smallest absolute Gasteiger partial charge is 0.218 e. The summed E-state index contributed by atoms with van der Waals surface area (Å²) in [5, 5.41) is 0. The maximum atomic E-state index is 8.13. The molecule has 3 nitrogen and oxygen atoms in total. The zero-order chi connectivity index (χ0) is 17.7. The largest absolute Gasteiger partial charge is 0.434 e. The van der Waals surface area contributed by atoms with E-state index in [0.29, 0.717) is 11.1 Å². The molecule has 0 aliphatic carbocycles. The first-order valence-corrected chi connectivity index (χ1v) is 6.48. The molecule has 1 unspecified atom stereocenters. The molecule has 0 N–H and O–H groups in total. The van der Waals surface area contributed by atoms with Crippen LogP contribution in [0.15, 0.2) is 40.9 Å². The van der Waals surface area contributed by atoms with Crippen LogP contribution in [0.2, 0.25) is 0 Å². The summed E-state index contributed by atoms with van der Waals surface area (Å²) >= 11 is 0. The van der Waals surface area contributed by atoms with Gasteiger partial charge in [-0.05, 0) is 18.6 Å². The van der Waals surface area contributed by atoms with E-state index < -0.39 is 12.7 Å². The fourth-order valence-corrected chi connectivity index (χ4v) is 2.30. The average molecular weight is 271 g/mol. The van der Waals surface area contributed by atoms with Crippen molar-refractivity contribution < 1.29 is 14.5 Å². The monoisotopic (exact) mass is 271 g/mol. The maximum absolute atomic E-state index is 8.13. The minimum absolute atomic E-state index is 0.0977.